The van der Waals surface area contributed by atoms with Gasteiger partial charge in [-0.1, -0.05) is 48.5 Å². The molecule has 0 aliphatic heterocycles. The van der Waals surface area contributed by atoms with E-state index < -0.39 is 30.0 Å². The largest absolute Gasteiger partial charge is 0.481 e. The summed E-state index contributed by atoms with van der Waals surface area (Å²) in [7, 11) is 0. The zero-order valence-electron chi connectivity index (χ0n) is 14.6. The van der Waals surface area contributed by atoms with Crippen LogP contribution < -0.4 is 5.32 Å². The van der Waals surface area contributed by atoms with Crippen molar-refractivity contribution in [3.05, 3.63) is 59.7 Å². The molecule has 3 rings (SSSR count). The summed E-state index contributed by atoms with van der Waals surface area (Å²) in [5, 5.41) is 20.3. The molecule has 1 amide bonds. The first-order chi connectivity index (χ1) is 12.8. The Hall–Kier alpha value is -3.35. The van der Waals surface area contributed by atoms with E-state index in [1.165, 1.54) is 0 Å². The van der Waals surface area contributed by atoms with Gasteiger partial charge in [-0.3, -0.25) is 4.79 Å². The smallest absolute Gasteiger partial charge is 0.408 e. The Labute approximate surface area is 155 Å². The number of rotatable bonds is 6. The zero-order chi connectivity index (χ0) is 19.6. The standard InChI is InChI=1S/C20H19NO6/c1-20(18(24)25,10-17(22)23)21-19(26)27-11-16-14-8-4-2-6-12(14)13-7-3-5-9-15(13)16/h2-9,16H,10-11H2,1H3,(H,21,26)(H,22,23)(H,24,25)/t20-/m0/s1. The van der Waals surface area contributed by atoms with Gasteiger partial charge in [0.15, 0.2) is 0 Å². The average Bonchev–Trinajstić information content (AvgIpc) is 2.93. The third-order valence-electron chi connectivity index (χ3n) is 4.70. The predicted octanol–water partition coefficient (Wildman–Crippen LogP) is 2.84. The van der Waals surface area contributed by atoms with Gasteiger partial charge in [0.05, 0.1) is 6.42 Å². The quantitative estimate of drug-likeness (QED) is 0.722. The molecule has 0 saturated heterocycles. The minimum atomic E-state index is -1.95. The summed E-state index contributed by atoms with van der Waals surface area (Å²) < 4.78 is 5.26. The molecule has 1 aliphatic rings. The van der Waals surface area contributed by atoms with Crippen LogP contribution in [0.4, 0.5) is 4.79 Å². The van der Waals surface area contributed by atoms with Gasteiger partial charge in [-0.2, -0.15) is 0 Å². The molecule has 27 heavy (non-hydrogen) atoms. The second-order valence-electron chi connectivity index (χ2n) is 6.66. The van der Waals surface area contributed by atoms with Gasteiger partial charge < -0.3 is 20.3 Å². The molecule has 2 aromatic rings. The van der Waals surface area contributed by atoms with E-state index in [0.717, 1.165) is 29.2 Å². The van der Waals surface area contributed by atoms with Crippen molar-refractivity contribution in [2.75, 3.05) is 6.61 Å². The van der Waals surface area contributed by atoms with E-state index in [2.05, 4.69) is 5.32 Å². The van der Waals surface area contributed by atoms with Crippen LogP contribution in [0.5, 0.6) is 0 Å². The average molecular weight is 369 g/mol. The van der Waals surface area contributed by atoms with E-state index in [1.54, 1.807) is 0 Å². The molecule has 0 heterocycles. The Morgan fingerprint density at radius 3 is 2.00 bits per heavy atom. The first kappa shape index (κ1) is 18.4. The van der Waals surface area contributed by atoms with E-state index in [0.29, 0.717) is 0 Å². The number of nitrogens with one attached hydrogen (secondary N) is 1. The molecule has 0 unspecified atom stereocenters. The van der Waals surface area contributed by atoms with Crippen molar-refractivity contribution in [2.45, 2.75) is 24.8 Å². The number of ether oxygens (including phenoxy) is 1. The fraction of sp³-hybridized carbons (Fsp3) is 0.250. The number of aliphatic carboxylic acids is 2. The van der Waals surface area contributed by atoms with Crippen molar-refractivity contribution in [2.24, 2.45) is 0 Å². The molecule has 7 heteroatoms. The van der Waals surface area contributed by atoms with Crippen molar-refractivity contribution in [3.8, 4) is 11.1 Å². The summed E-state index contributed by atoms with van der Waals surface area (Å²) >= 11 is 0. The van der Waals surface area contributed by atoms with Gasteiger partial charge in [0, 0.05) is 5.92 Å². The van der Waals surface area contributed by atoms with Crippen LogP contribution in [0.2, 0.25) is 0 Å². The molecule has 140 valence electrons. The topological polar surface area (TPSA) is 113 Å². The zero-order valence-corrected chi connectivity index (χ0v) is 14.6. The van der Waals surface area contributed by atoms with Crippen LogP contribution in [-0.4, -0.2) is 40.4 Å². The maximum absolute atomic E-state index is 12.1. The number of fused-ring (bicyclic) bond motifs is 3. The monoisotopic (exact) mass is 369 g/mol. The van der Waals surface area contributed by atoms with Crippen molar-refractivity contribution in [3.63, 3.8) is 0 Å². The third-order valence-corrected chi connectivity index (χ3v) is 4.70. The van der Waals surface area contributed by atoms with E-state index in [9.17, 15) is 19.5 Å². The molecular formula is C20H19NO6. The number of carbonyl (C=O) groups is 3. The second-order valence-corrected chi connectivity index (χ2v) is 6.66. The molecule has 0 radical (unpaired) electrons. The molecule has 0 spiro atoms. The van der Waals surface area contributed by atoms with Gasteiger partial charge in [0.25, 0.3) is 0 Å². The summed E-state index contributed by atoms with van der Waals surface area (Å²) in [6.45, 7) is 1.15. The molecule has 3 N–H and O–H groups in total. The maximum atomic E-state index is 12.1. The highest BCUT2D eigenvalue weighted by atomic mass is 16.5. The van der Waals surface area contributed by atoms with Gasteiger partial charge in [0.1, 0.15) is 12.1 Å². The number of carboxylic acids is 2. The van der Waals surface area contributed by atoms with E-state index >= 15 is 0 Å². The predicted molar refractivity (Wildman–Crippen MR) is 96.5 cm³/mol. The Morgan fingerprint density at radius 2 is 1.52 bits per heavy atom. The lowest BCUT2D eigenvalue weighted by Crippen LogP contribution is -2.53. The van der Waals surface area contributed by atoms with Crippen LogP contribution in [0.3, 0.4) is 0 Å². The van der Waals surface area contributed by atoms with Crippen molar-refractivity contribution < 1.29 is 29.3 Å². The number of amides is 1. The number of hydrogen-bond donors (Lipinski definition) is 3. The molecule has 1 atom stereocenters. The van der Waals surface area contributed by atoms with Gasteiger partial charge in [0.2, 0.25) is 0 Å². The van der Waals surface area contributed by atoms with Crippen LogP contribution in [0.15, 0.2) is 48.5 Å². The number of alkyl carbamates (subject to hydrolysis) is 1. The summed E-state index contributed by atoms with van der Waals surface area (Å²) in [6.07, 6.45) is -1.73. The summed E-state index contributed by atoms with van der Waals surface area (Å²) in [5.74, 6) is -2.95. The molecule has 0 fully saturated rings. The van der Waals surface area contributed by atoms with Gasteiger partial charge >= 0.3 is 18.0 Å². The highest BCUT2D eigenvalue weighted by Gasteiger charge is 2.38. The van der Waals surface area contributed by atoms with Gasteiger partial charge in [-0.05, 0) is 29.2 Å². The third kappa shape index (κ3) is 3.62. The second kappa shape index (κ2) is 7.11. The first-order valence-corrected chi connectivity index (χ1v) is 8.40. The Kier molecular flexibility index (Phi) is 4.85. The Bertz CT molecular complexity index is 863. The summed E-state index contributed by atoms with van der Waals surface area (Å²) in [4.78, 5) is 34.4. The molecule has 0 bridgehead atoms. The van der Waals surface area contributed by atoms with Crippen molar-refractivity contribution >= 4 is 18.0 Å². The Morgan fingerprint density at radius 1 is 1.00 bits per heavy atom. The lowest BCUT2D eigenvalue weighted by atomic mass is 9.98. The molecule has 1 aliphatic carbocycles. The molecule has 7 nitrogen and oxygen atoms in total. The number of carboxylic acid groups (broad SMARTS) is 2. The van der Waals surface area contributed by atoms with Crippen LogP contribution in [0.1, 0.15) is 30.4 Å². The van der Waals surface area contributed by atoms with Crippen LogP contribution in [-0.2, 0) is 14.3 Å². The van der Waals surface area contributed by atoms with E-state index in [1.807, 2.05) is 48.5 Å². The van der Waals surface area contributed by atoms with E-state index in [4.69, 9.17) is 9.84 Å². The van der Waals surface area contributed by atoms with E-state index in [-0.39, 0.29) is 12.5 Å². The maximum Gasteiger partial charge on any atom is 0.408 e. The van der Waals surface area contributed by atoms with Crippen molar-refractivity contribution in [1.29, 1.82) is 0 Å². The van der Waals surface area contributed by atoms with Crippen molar-refractivity contribution in [1.82, 2.24) is 5.32 Å². The molecule has 0 saturated carbocycles. The minimum absolute atomic E-state index is 0.0165. The summed E-state index contributed by atoms with van der Waals surface area (Å²) in [5.41, 5.74) is 2.25. The molecule has 0 aromatic heterocycles. The number of carbonyl (C=O) groups excluding carboxylic acids is 1. The SMILES string of the molecule is C[C@@](CC(=O)O)(NC(=O)OCC1c2ccccc2-c2ccccc21)C(=O)O. The van der Waals surface area contributed by atoms with Crippen LogP contribution in [0.25, 0.3) is 11.1 Å². The van der Waals surface area contributed by atoms with Crippen LogP contribution in [0, 0.1) is 0 Å². The fourth-order valence-corrected chi connectivity index (χ4v) is 3.34. The number of benzene rings is 2. The first-order valence-electron chi connectivity index (χ1n) is 8.40. The molecular weight excluding hydrogens is 350 g/mol. The lowest BCUT2D eigenvalue weighted by Gasteiger charge is -2.24. The highest BCUT2D eigenvalue weighted by molar-refractivity contribution is 5.88. The summed E-state index contributed by atoms with van der Waals surface area (Å²) in [6, 6.07) is 15.6. The minimum Gasteiger partial charge on any atom is -0.481 e. The highest BCUT2D eigenvalue weighted by Crippen LogP contribution is 2.44. The molecule has 2 aromatic carbocycles. The normalized spacial score (nSPS) is 14.6. The van der Waals surface area contributed by atoms with Gasteiger partial charge in [-0.15, -0.1) is 0 Å². The fourth-order valence-electron chi connectivity index (χ4n) is 3.34. The lowest BCUT2D eigenvalue weighted by molar-refractivity contribution is -0.150. The Balaban J connectivity index is 1.74. The number of hydrogen-bond acceptors (Lipinski definition) is 4. The van der Waals surface area contributed by atoms with Crippen LogP contribution >= 0.6 is 0 Å². The van der Waals surface area contributed by atoms with Gasteiger partial charge in [-0.25, -0.2) is 9.59 Å².